The molecule has 0 aromatic heterocycles. The van der Waals surface area contributed by atoms with Gasteiger partial charge in [-0.3, -0.25) is 14.5 Å². The summed E-state index contributed by atoms with van der Waals surface area (Å²) in [4.78, 5) is 27.9. The molecular weight excluding hydrogens is 344 g/mol. The fourth-order valence-electron chi connectivity index (χ4n) is 4.20. The second-order valence-electron chi connectivity index (χ2n) is 7.47. The largest absolute Gasteiger partial charge is 0.489 e. The van der Waals surface area contributed by atoms with Crippen molar-refractivity contribution < 1.29 is 14.3 Å². The molecule has 0 saturated carbocycles. The number of ether oxygens (including phenoxy) is 1. The zero-order valence-electron chi connectivity index (χ0n) is 15.3. The fourth-order valence-corrected chi connectivity index (χ4v) is 4.20. The van der Waals surface area contributed by atoms with Gasteiger partial charge in [-0.05, 0) is 37.8 Å². The molecule has 1 aromatic rings. The van der Waals surface area contributed by atoms with Crippen molar-refractivity contribution in [3.05, 3.63) is 23.8 Å². The summed E-state index contributed by atoms with van der Waals surface area (Å²) >= 11 is 0. The van der Waals surface area contributed by atoms with E-state index in [1.54, 1.807) is 4.90 Å². The molecular formula is C20H24N4O3. The van der Waals surface area contributed by atoms with Gasteiger partial charge < -0.3 is 15.0 Å². The van der Waals surface area contributed by atoms with Gasteiger partial charge in [-0.2, -0.15) is 5.26 Å². The van der Waals surface area contributed by atoms with Crippen LogP contribution in [-0.2, 0) is 16.0 Å². The molecule has 2 fully saturated rings. The second-order valence-corrected chi connectivity index (χ2v) is 7.47. The molecule has 3 aliphatic heterocycles. The number of carbonyl (C=O) groups excluding carboxylic acids is 2. The van der Waals surface area contributed by atoms with Crippen molar-refractivity contribution in [1.29, 1.82) is 5.26 Å². The minimum absolute atomic E-state index is 0.0345. The summed E-state index contributed by atoms with van der Waals surface area (Å²) in [6.07, 6.45) is 3.76. The van der Waals surface area contributed by atoms with Crippen molar-refractivity contribution in [2.24, 2.45) is 0 Å². The lowest BCUT2D eigenvalue weighted by Gasteiger charge is -2.24. The third-order valence-electron chi connectivity index (χ3n) is 5.61. The van der Waals surface area contributed by atoms with Gasteiger partial charge in [0, 0.05) is 37.3 Å². The van der Waals surface area contributed by atoms with Crippen LogP contribution in [0.15, 0.2) is 18.2 Å². The van der Waals surface area contributed by atoms with Gasteiger partial charge in [0.2, 0.25) is 11.8 Å². The molecule has 3 aliphatic rings. The molecule has 4 rings (SSSR count). The number of likely N-dealkylation sites (tertiary alicyclic amines) is 2. The molecule has 3 heterocycles. The maximum Gasteiger partial charge on any atom is 0.237 e. The highest BCUT2D eigenvalue weighted by atomic mass is 16.5. The smallest absolute Gasteiger partial charge is 0.237 e. The topological polar surface area (TPSA) is 85.7 Å². The zero-order chi connectivity index (χ0) is 18.8. The maximum absolute atomic E-state index is 12.5. The first kappa shape index (κ1) is 17.8. The van der Waals surface area contributed by atoms with E-state index in [0.717, 1.165) is 42.8 Å². The van der Waals surface area contributed by atoms with Crippen molar-refractivity contribution in [1.82, 2.24) is 9.80 Å². The highest BCUT2D eigenvalue weighted by Gasteiger charge is 2.32. The van der Waals surface area contributed by atoms with Gasteiger partial charge >= 0.3 is 0 Å². The third kappa shape index (κ3) is 3.76. The summed E-state index contributed by atoms with van der Waals surface area (Å²) in [5, 5.41) is 12.1. The van der Waals surface area contributed by atoms with E-state index in [0.29, 0.717) is 32.5 Å². The molecule has 1 N–H and O–H groups in total. The Morgan fingerprint density at radius 2 is 2.19 bits per heavy atom. The number of rotatable bonds is 4. The van der Waals surface area contributed by atoms with Gasteiger partial charge in [-0.25, -0.2) is 0 Å². The Bertz CT molecular complexity index is 788. The number of hydrogen-bond acceptors (Lipinski definition) is 5. The maximum atomic E-state index is 12.5. The molecule has 1 aromatic carbocycles. The van der Waals surface area contributed by atoms with Crippen LogP contribution in [0.3, 0.4) is 0 Å². The molecule has 7 nitrogen and oxygen atoms in total. The van der Waals surface area contributed by atoms with E-state index >= 15 is 0 Å². The zero-order valence-corrected chi connectivity index (χ0v) is 15.3. The molecule has 0 bridgehead atoms. The first-order valence-electron chi connectivity index (χ1n) is 9.64. The van der Waals surface area contributed by atoms with E-state index < -0.39 is 0 Å². The molecule has 142 valence electrons. The minimum atomic E-state index is -0.266. The number of amides is 2. The highest BCUT2D eigenvalue weighted by molar-refractivity contribution is 5.94. The monoisotopic (exact) mass is 368 g/mol. The van der Waals surface area contributed by atoms with Crippen LogP contribution < -0.4 is 10.1 Å². The molecule has 1 unspecified atom stereocenters. The number of nitriles is 1. The van der Waals surface area contributed by atoms with E-state index in [1.165, 1.54) is 0 Å². The van der Waals surface area contributed by atoms with Gasteiger partial charge in [-0.15, -0.1) is 0 Å². The summed E-state index contributed by atoms with van der Waals surface area (Å²) in [7, 11) is 0. The average molecular weight is 368 g/mol. The number of nitrogens with zero attached hydrogens (tertiary/aromatic N) is 3. The van der Waals surface area contributed by atoms with Crippen LogP contribution in [0.2, 0.25) is 0 Å². The highest BCUT2D eigenvalue weighted by Crippen LogP contribution is 2.32. The lowest BCUT2D eigenvalue weighted by molar-refractivity contribution is -0.132. The van der Waals surface area contributed by atoms with Crippen LogP contribution in [0.1, 0.15) is 31.2 Å². The number of fused-ring (bicyclic) bond motifs is 1. The van der Waals surface area contributed by atoms with Crippen LogP contribution >= 0.6 is 0 Å². The summed E-state index contributed by atoms with van der Waals surface area (Å²) in [6, 6.07) is 7.71. The lowest BCUT2D eigenvalue weighted by atomic mass is 10.0. The summed E-state index contributed by atoms with van der Waals surface area (Å²) in [6.45, 7) is 2.55. The first-order chi connectivity index (χ1) is 13.1. The van der Waals surface area contributed by atoms with Crippen LogP contribution in [0.5, 0.6) is 5.75 Å². The molecule has 2 atom stereocenters. The molecule has 2 amide bonds. The minimum Gasteiger partial charge on any atom is -0.489 e. The Morgan fingerprint density at radius 1 is 1.30 bits per heavy atom. The summed E-state index contributed by atoms with van der Waals surface area (Å²) < 4.78 is 6.22. The van der Waals surface area contributed by atoms with E-state index in [9.17, 15) is 9.59 Å². The summed E-state index contributed by atoms with van der Waals surface area (Å²) in [5.41, 5.74) is 1.89. The van der Waals surface area contributed by atoms with Gasteiger partial charge in [0.1, 0.15) is 17.9 Å². The van der Waals surface area contributed by atoms with Crippen molar-refractivity contribution in [3.8, 4) is 11.8 Å². The Hall–Kier alpha value is -2.59. The number of benzene rings is 1. The van der Waals surface area contributed by atoms with Crippen molar-refractivity contribution in [2.75, 3.05) is 31.5 Å². The lowest BCUT2D eigenvalue weighted by Crippen LogP contribution is -2.42. The van der Waals surface area contributed by atoms with Crippen LogP contribution in [0.4, 0.5) is 5.69 Å². The van der Waals surface area contributed by atoms with Gasteiger partial charge in [0.15, 0.2) is 0 Å². The predicted octanol–water partition coefficient (Wildman–Crippen LogP) is 1.54. The average Bonchev–Trinajstić information content (AvgIpc) is 3.30. The predicted molar refractivity (Wildman–Crippen MR) is 99.2 cm³/mol. The molecule has 0 radical (unpaired) electrons. The van der Waals surface area contributed by atoms with Crippen molar-refractivity contribution >= 4 is 17.5 Å². The molecule has 2 saturated heterocycles. The number of anilines is 1. The SMILES string of the molecule is N#CC1CCCN1C(=O)CN1CC[C@H](Oc2cccc3c2CCC(=O)N3)C1. The van der Waals surface area contributed by atoms with E-state index in [1.807, 2.05) is 18.2 Å². The number of carbonyl (C=O) groups is 2. The molecule has 27 heavy (non-hydrogen) atoms. The third-order valence-corrected chi connectivity index (χ3v) is 5.61. The number of hydrogen-bond donors (Lipinski definition) is 1. The van der Waals surface area contributed by atoms with Crippen molar-refractivity contribution in [3.63, 3.8) is 0 Å². The Morgan fingerprint density at radius 3 is 3.04 bits per heavy atom. The standard InChI is InChI=1S/C20H24N4O3/c21-11-14-3-2-9-24(14)20(26)13-23-10-8-15(12-23)27-18-5-1-4-17-16(18)6-7-19(25)22-17/h1,4-5,14-15H,2-3,6-10,12-13H2,(H,22,25)/t14?,15-/m0/s1. The molecule has 0 aliphatic carbocycles. The van der Waals surface area contributed by atoms with Crippen LogP contribution in [-0.4, -0.2) is 59.9 Å². The van der Waals surface area contributed by atoms with Gasteiger partial charge in [-0.1, -0.05) is 6.07 Å². The number of nitrogens with one attached hydrogen (secondary N) is 1. The first-order valence-corrected chi connectivity index (χ1v) is 9.64. The molecule has 7 heteroatoms. The van der Waals surface area contributed by atoms with E-state index in [-0.39, 0.29) is 24.0 Å². The second kappa shape index (κ2) is 7.57. The summed E-state index contributed by atoms with van der Waals surface area (Å²) in [5.74, 6) is 0.914. The Balaban J connectivity index is 1.34. The Kier molecular flexibility index (Phi) is 4.99. The van der Waals surface area contributed by atoms with Crippen molar-refractivity contribution in [2.45, 2.75) is 44.2 Å². The Labute approximate surface area is 158 Å². The van der Waals surface area contributed by atoms with E-state index in [4.69, 9.17) is 10.00 Å². The van der Waals surface area contributed by atoms with E-state index in [2.05, 4.69) is 16.3 Å². The van der Waals surface area contributed by atoms with Gasteiger partial charge in [0.25, 0.3) is 0 Å². The van der Waals surface area contributed by atoms with Gasteiger partial charge in [0.05, 0.1) is 12.6 Å². The normalized spacial score (nSPS) is 25.0. The van der Waals surface area contributed by atoms with Crippen LogP contribution in [0, 0.1) is 11.3 Å². The quantitative estimate of drug-likeness (QED) is 0.871. The molecule has 0 spiro atoms. The fraction of sp³-hybridized carbons (Fsp3) is 0.550. The van der Waals surface area contributed by atoms with Crippen LogP contribution in [0.25, 0.3) is 0 Å².